The Labute approximate surface area is 153 Å². The van der Waals surface area contributed by atoms with Crippen LogP contribution in [-0.4, -0.2) is 39.4 Å². The topological polar surface area (TPSA) is 67.2 Å². The SMILES string of the molecule is CC(=O)Nc1cccc(-c2cnc3n2CCN(C(=O)[C@@H]2C[C@@H]2C)CC3)c1. The largest absolute Gasteiger partial charge is 0.340 e. The highest BCUT2D eigenvalue weighted by molar-refractivity contribution is 5.89. The lowest BCUT2D eigenvalue weighted by atomic mass is 10.1. The van der Waals surface area contributed by atoms with Crippen LogP contribution in [0.3, 0.4) is 0 Å². The summed E-state index contributed by atoms with van der Waals surface area (Å²) in [7, 11) is 0. The highest BCUT2D eigenvalue weighted by atomic mass is 16.2. The molecule has 0 saturated heterocycles. The first-order valence-corrected chi connectivity index (χ1v) is 9.24. The van der Waals surface area contributed by atoms with E-state index in [1.807, 2.05) is 35.4 Å². The van der Waals surface area contributed by atoms with Gasteiger partial charge < -0.3 is 14.8 Å². The van der Waals surface area contributed by atoms with Crippen LogP contribution in [0.15, 0.2) is 30.5 Å². The van der Waals surface area contributed by atoms with Gasteiger partial charge in [-0.3, -0.25) is 9.59 Å². The van der Waals surface area contributed by atoms with Crippen molar-refractivity contribution in [3.05, 3.63) is 36.3 Å². The van der Waals surface area contributed by atoms with Gasteiger partial charge in [-0.25, -0.2) is 4.98 Å². The van der Waals surface area contributed by atoms with Gasteiger partial charge in [0.25, 0.3) is 0 Å². The predicted molar refractivity (Wildman–Crippen MR) is 99.5 cm³/mol. The fourth-order valence-electron chi connectivity index (χ4n) is 3.74. The Kier molecular flexibility index (Phi) is 4.26. The van der Waals surface area contributed by atoms with Crippen LogP contribution in [0, 0.1) is 11.8 Å². The highest BCUT2D eigenvalue weighted by Gasteiger charge is 2.41. The van der Waals surface area contributed by atoms with Crippen LogP contribution in [0.1, 0.15) is 26.1 Å². The first-order valence-electron chi connectivity index (χ1n) is 9.24. The van der Waals surface area contributed by atoms with Crippen LogP contribution in [0.5, 0.6) is 0 Å². The molecular weight excluding hydrogens is 328 g/mol. The first kappa shape index (κ1) is 16.8. The van der Waals surface area contributed by atoms with E-state index in [-0.39, 0.29) is 11.8 Å². The number of anilines is 1. The van der Waals surface area contributed by atoms with E-state index in [2.05, 4.69) is 21.8 Å². The Morgan fingerprint density at radius 3 is 2.77 bits per heavy atom. The quantitative estimate of drug-likeness (QED) is 0.923. The molecule has 1 aromatic heterocycles. The van der Waals surface area contributed by atoms with E-state index in [9.17, 15) is 9.59 Å². The van der Waals surface area contributed by atoms with Crippen molar-refractivity contribution in [1.29, 1.82) is 0 Å². The zero-order valence-corrected chi connectivity index (χ0v) is 15.2. The zero-order valence-electron chi connectivity index (χ0n) is 15.2. The van der Waals surface area contributed by atoms with Crippen molar-refractivity contribution < 1.29 is 9.59 Å². The van der Waals surface area contributed by atoms with Crippen molar-refractivity contribution >= 4 is 17.5 Å². The van der Waals surface area contributed by atoms with Crippen LogP contribution >= 0.6 is 0 Å². The van der Waals surface area contributed by atoms with Gasteiger partial charge in [-0.15, -0.1) is 0 Å². The van der Waals surface area contributed by atoms with E-state index >= 15 is 0 Å². The molecule has 6 nitrogen and oxygen atoms in total. The molecule has 136 valence electrons. The maximum Gasteiger partial charge on any atom is 0.226 e. The number of aromatic nitrogens is 2. The molecule has 1 aromatic carbocycles. The van der Waals surface area contributed by atoms with Crippen LogP contribution in [0.25, 0.3) is 11.3 Å². The monoisotopic (exact) mass is 352 g/mol. The molecule has 1 N–H and O–H groups in total. The summed E-state index contributed by atoms with van der Waals surface area (Å²) in [6.07, 6.45) is 3.70. The maximum atomic E-state index is 12.6. The zero-order chi connectivity index (χ0) is 18.3. The number of amides is 2. The molecule has 2 aliphatic rings. The van der Waals surface area contributed by atoms with E-state index in [1.54, 1.807) is 0 Å². The predicted octanol–water partition coefficient (Wildman–Crippen LogP) is 2.55. The molecule has 2 aromatic rings. The molecule has 0 bridgehead atoms. The van der Waals surface area contributed by atoms with Gasteiger partial charge in [-0.2, -0.15) is 0 Å². The Balaban J connectivity index is 1.55. The third-order valence-electron chi connectivity index (χ3n) is 5.35. The molecule has 0 unspecified atom stereocenters. The number of nitrogens with zero attached hydrogens (tertiary/aromatic N) is 3. The lowest BCUT2D eigenvalue weighted by Crippen LogP contribution is -2.35. The summed E-state index contributed by atoms with van der Waals surface area (Å²) in [4.78, 5) is 30.5. The fourth-order valence-corrected chi connectivity index (χ4v) is 3.74. The Bertz CT molecular complexity index is 857. The van der Waals surface area contributed by atoms with Crippen LogP contribution in [0.2, 0.25) is 0 Å². The smallest absolute Gasteiger partial charge is 0.226 e. The number of imidazole rings is 1. The summed E-state index contributed by atoms with van der Waals surface area (Å²) in [6, 6.07) is 7.80. The highest BCUT2D eigenvalue weighted by Crippen LogP contribution is 2.39. The summed E-state index contributed by atoms with van der Waals surface area (Å²) < 4.78 is 2.20. The normalized spacial score (nSPS) is 21.7. The van der Waals surface area contributed by atoms with Crippen molar-refractivity contribution in [2.75, 3.05) is 18.4 Å². The number of benzene rings is 1. The molecule has 1 aliphatic carbocycles. The lowest BCUT2D eigenvalue weighted by molar-refractivity contribution is -0.132. The number of carbonyl (C=O) groups excluding carboxylic acids is 2. The minimum atomic E-state index is -0.0854. The van der Waals surface area contributed by atoms with Crippen molar-refractivity contribution in [2.24, 2.45) is 11.8 Å². The molecule has 4 rings (SSSR count). The van der Waals surface area contributed by atoms with Gasteiger partial charge in [0.15, 0.2) is 0 Å². The molecule has 26 heavy (non-hydrogen) atoms. The lowest BCUT2D eigenvalue weighted by Gasteiger charge is -2.20. The van der Waals surface area contributed by atoms with Crippen molar-refractivity contribution in [3.8, 4) is 11.3 Å². The molecule has 2 amide bonds. The average molecular weight is 352 g/mol. The molecular formula is C20H24N4O2. The number of rotatable bonds is 3. The minimum Gasteiger partial charge on any atom is -0.340 e. The number of fused-ring (bicyclic) bond motifs is 1. The number of hydrogen-bond donors (Lipinski definition) is 1. The van der Waals surface area contributed by atoms with Crippen LogP contribution in [0.4, 0.5) is 5.69 Å². The molecule has 1 aliphatic heterocycles. The second-order valence-corrected chi connectivity index (χ2v) is 7.37. The van der Waals surface area contributed by atoms with Crippen molar-refractivity contribution in [3.63, 3.8) is 0 Å². The summed E-state index contributed by atoms with van der Waals surface area (Å²) in [5, 5.41) is 2.82. The van der Waals surface area contributed by atoms with Gasteiger partial charge in [0.1, 0.15) is 5.82 Å². The number of carbonyl (C=O) groups is 2. The van der Waals surface area contributed by atoms with Crippen LogP contribution in [-0.2, 0) is 22.6 Å². The van der Waals surface area contributed by atoms with Crippen molar-refractivity contribution in [2.45, 2.75) is 33.2 Å². The number of nitrogens with one attached hydrogen (secondary N) is 1. The van der Waals surface area contributed by atoms with Gasteiger partial charge in [0, 0.05) is 50.1 Å². The summed E-state index contributed by atoms with van der Waals surface area (Å²) in [5.74, 6) is 2.00. The average Bonchev–Trinajstić information content (AvgIpc) is 3.27. The van der Waals surface area contributed by atoms with Gasteiger partial charge in [-0.05, 0) is 24.5 Å². The van der Waals surface area contributed by atoms with E-state index in [1.165, 1.54) is 6.92 Å². The first-order chi connectivity index (χ1) is 12.5. The number of hydrogen-bond acceptors (Lipinski definition) is 3. The summed E-state index contributed by atoms with van der Waals surface area (Å²) in [6.45, 7) is 5.87. The molecule has 1 fully saturated rings. The van der Waals surface area contributed by atoms with E-state index < -0.39 is 0 Å². The van der Waals surface area contributed by atoms with Crippen LogP contribution < -0.4 is 5.32 Å². The molecule has 1 saturated carbocycles. The Morgan fingerprint density at radius 1 is 1.23 bits per heavy atom. The standard InChI is InChI=1S/C20H24N4O2/c1-13-10-17(13)20(26)23-7-6-19-21-12-18(24(19)9-8-23)15-4-3-5-16(11-15)22-14(2)25/h3-5,11-13,17H,6-10H2,1-2H3,(H,22,25)/t13-,17+/m0/s1. The molecule has 2 atom stereocenters. The molecule has 0 radical (unpaired) electrons. The minimum absolute atomic E-state index is 0.0854. The molecule has 2 heterocycles. The maximum absolute atomic E-state index is 12.6. The van der Waals surface area contributed by atoms with Gasteiger partial charge in [-0.1, -0.05) is 19.1 Å². The molecule has 0 spiro atoms. The third kappa shape index (κ3) is 3.23. The summed E-state index contributed by atoms with van der Waals surface area (Å²) in [5.41, 5.74) is 2.82. The van der Waals surface area contributed by atoms with Gasteiger partial charge in [0.2, 0.25) is 11.8 Å². The van der Waals surface area contributed by atoms with E-state index in [4.69, 9.17) is 0 Å². The Hall–Kier alpha value is -2.63. The molecule has 6 heteroatoms. The fraction of sp³-hybridized carbons (Fsp3) is 0.450. The van der Waals surface area contributed by atoms with E-state index in [0.717, 1.165) is 55.2 Å². The third-order valence-corrected chi connectivity index (χ3v) is 5.35. The van der Waals surface area contributed by atoms with Gasteiger partial charge >= 0.3 is 0 Å². The second-order valence-electron chi connectivity index (χ2n) is 7.37. The van der Waals surface area contributed by atoms with E-state index in [0.29, 0.717) is 11.8 Å². The second kappa shape index (κ2) is 6.59. The Morgan fingerprint density at radius 2 is 2.04 bits per heavy atom. The van der Waals surface area contributed by atoms with Gasteiger partial charge in [0.05, 0.1) is 11.9 Å². The summed E-state index contributed by atoms with van der Waals surface area (Å²) >= 11 is 0. The van der Waals surface area contributed by atoms with Crippen molar-refractivity contribution in [1.82, 2.24) is 14.5 Å².